The van der Waals surface area contributed by atoms with Crippen LogP contribution in [0.3, 0.4) is 0 Å². The number of sulfonamides is 1. The number of methoxy groups -OCH3 is 2. The van der Waals surface area contributed by atoms with Crippen molar-refractivity contribution in [2.75, 3.05) is 27.3 Å². The second-order valence-electron chi connectivity index (χ2n) is 3.68. The average Bonchev–Trinajstić information content (AvgIpc) is 2.38. The van der Waals surface area contributed by atoms with E-state index < -0.39 is 10.0 Å². The maximum absolute atomic E-state index is 12.1. The Balaban J connectivity index is 0.00000361. The Hall–Kier alpha value is -0.540. The van der Waals surface area contributed by atoms with Gasteiger partial charge in [0.2, 0.25) is 10.0 Å². The second kappa shape index (κ2) is 8.68. The van der Waals surface area contributed by atoms with Crippen LogP contribution in [-0.4, -0.2) is 35.7 Å². The molecule has 0 heterocycles. The number of halogens is 2. The third-order valence-corrected chi connectivity index (χ3v) is 4.82. The zero-order valence-electron chi connectivity index (χ0n) is 11.2. The van der Waals surface area contributed by atoms with Crippen LogP contribution in [-0.2, 0) is 10.0 Å². The topological polar surface area (TPSA) is 90.7 Å². The molecule has 0 unspecified atom stereocenters. The quantitative estimate of drug-likeness (QED) is 0.690. The van der Waals surface area contributed by atoms with Crippen molar-refractivity contribution >= 4 is 38.4 Å². The Morgan fingerprint density at radius 3 is 2.30 bits per heavy atom. The van der Waals surface area contributed by atoms with Gasteiger partial charge in [-0.2, -0.15) is 0 Å². The molecule has 9 heteroatoms. The van der Waals surface area contributed by atoms with Crippen LogP contribution in [0.1, 0.15) is 6.42 Å². The molecule has 6 nitrogen and oxygen atoms in total. The Morgan fingerprint density at radius 2 is 1.80 bits per heavy atom. The predicted molar refractivity (Wildman–Crippen MR) is 83.4 cm³/mol. The lowest BCUT2D eigenvalue weighted by Gasteiger charge is -2.12. The number of hydrogen-bond donors (Lipinski definition) is 2. The van der Waals surface area contributed by atoms with Crippen LogP contribution in [0, 0.1) is 0 Å². The number of hydrogen-bond acceptors (Lipinski definition) is 5. The average molecular weight is 390 g/mol. The van der Waals surface area contributed by atoms with E-state index in [2.05, 4.69) is 20.7 Å². The molecule has 0 fully saturated rings. The first-order chi connectivity index (χ1) is 8.96. The van der Waals surface area contributed by atoms with Gasteiger partial charge in [-0.05, 0) is 35.0 Å². The second-order valence-corrected chi connectivity index (χ2v) is 6.27. The highest BCUT2D eigenvalue weighted by atomic mass is 79.9. The van der Waals surface area contributed by atoms with Crippen LogP contribution in [0.2, 0.25) is 0 Å². The summed E-state index contributed by atoms with van der Waals surface area (Å²) in [5.74, 6) is 0.806. The van der Waals surface area contributed by atoms with Crippen molar-refractivity contribution in [3.05, 3.63) is 16.6 Å². The number of ether oxygens (including phenoxy) is 2. The van der Waals surface area contributed by atoms with Crippen LogP contribution in [0.5, 0.6) is 11.5 Å². The summed E-state index contributed by atoms with van der Waals surface area (Å²) in [6, 6.07) is 2.96. The molecule has 0 saturated heterocycles. The molecule has 0 bridgehead atoms. The minimum atomic E-state index is -3.61. The Labute approximate surface area is 133 Å². The van der Waals surface area contributed by atoms with E-state index in [9.17, 15) is 8.42 Å². The molecular formula is C11H18BrClN2O4S. The third kappa shape index (κ3) is 4.78. The van der Waals surface area contributed by atoms with Crippen molar-refractivity contribution < 1.29 is 17.9 Å². The van der Waals surface area contributed by atoms with Gasteiger partial charge in [0.25, 0.3) is 0 Å². The molecule has 1 aromatic rings. The maximum Gasteiger partial charge on any atom is 0.241 e. The first-order valence-electron chi connectivity index (χ1n) is 5.57. The van der Waals surface area contributed by atoms with E-state index in [0.29, 0.717) is 35.5 Å². The SMILES string of the molecule is COc1cc(Br)c(S(=O)(=O)NCCCN)cc1OC.Cl. The summed E-state index contributed by atoms with van der Waals surface area (Å²) in [6.45, 7) is 0.718. The van der Waals surface area contributed by atoms with E-state index in [1.807, 2.05) is 0 Å². The lowest BCUT2D eigenvalue weighted by Crippen LogP contribution is -2.26. The van der Waals surface area contributed by atoms with Crippen LogP contribution in [0.25, 0.3) is 0 Å². The molecule has 0 aliphatic rings. The summed E-state index contributed by atoms with van der Waals surface area (Å²) in [4.78, 5) is 0.0992. The monoisotopic (exact) mass is 388 g/mol. The molecule has 0 atom stereocenters. The van der Waals surface area contributed by atoms with Gasteiger partial charge in [-0.3, -0.25) is 0 Å². The van der Waals surface area contributed by atoms with Gasteiger partial charge < -0.3 is 15.2 Å². The van der Waals surface area contributed by atoms with Gasteiger partial charge in [0.05, 0.1) is 14.2 Å². The Morgan fingerprint density at radius 1 is 1.25 bits per heavy atom. The van der Waals surface area contributed by atoms with Crippen molar-refractivity contribution in [1.82, 2.24) is 4.72 Å². The summed E-state index contributed by atoms with van der Waals surface area (Å²) >= 11 is 3.22. The molecule has 0 radical (unpaired) electrons. The summed E-state index contributed by atoms with van der Waals surface area (Å²) in [6.07, 6.45) is 0.574. The lowest BCUT2D eigenvalue weighted by molar-refractivity contribution is 0.353. The molecule has 1 aromatic carbocycles. The molecular weight excluding hydrogens is 372 g/mol. The Kier molecular flexibility index (Phi) is 8.45. The molecule has 3 N–H and O–H groups in total. The van der Waals surface area contributed by atoms with E-state index in [1.165, 1.54) is 20.3 Å². The number of nitrogens with two attached hydrogens (primary N) is 1. The molecule has 116 valence electrons. The fourth-order valence-corrected chi connectivity index (χ4v) is 3.54. The smallest absolute Gasteiger partial charge is 0.241 e. The third-order valence-electron chi connectivity index (χ3n) is 2.40. The van der Waals surface area contributed by atoms with E-state index in [-0.39, 0.29) is 17.3 Å². The van der Waals surface area contributed by atoms with Crippen LogP contribution in [0.4, 0.5) is 0 Å². The van der Waals surface area contributed by atoms with Gasteiger partial charge in [0.15, 0.2) is 11.5 Å². The summed E-state index contributed by atoms with van der Waals surface area (Å²) < 4.78 is 37.3. The van der Waals surface area contributed by atoms with Gasteiger partial charge in [0.1, 0.15) is 4.90 Å². The van der Waals surface area contributed by atoms with Crippen molar-refractivity contribution in [3.63, 3.8) is 0 Å². The minimum Gasteiger partial charge on any atom is -0.493 e. The van der Waals surface area contributed by atoms with Crippen LogP contribution in [0.15, 0.2) is 21.5 Å². The van der Waals surface area contributed by atoms with E-state index >= 15 is 0 Å². The lowest BCUT2D eigenvalue weighted by atomic mass is 10.3. The van der Waals surface area contributed by atoms with Crippen LogP contribution < -0.4 is 19.9 Å². The molecule has 0 amide bonds. The van der Waals surface area contributed by atoms with Crippen molar-refractivity contribution in [2.24, 2.45) is 5.73 Å². The highest BCUT2D eigenvalue weighted by Gasteiger charge is 2.20. The van der Waals surface area contributed by atoms with Crippen molar-refractivity contribution in [2.45, 2.75) is 11.3 Å². The summed E-state index contributed by atoms with van der Waals surface area (Å²) in [5.41, 5.74) is 5.33. The van der Waals surface area contributed by atoms with Gasteiger partial charge in [0, 0.05) is 17.1 Å². The normalized spacial score (nSPS) is 10.8. The zero-order valence-corrected chi connectivity index (χ0v) is 14.4. The maximum atomic E-state index is 12.1. The number of nitrogens with one attached hydrogen (secondary N) is 1. The molecule has 0 aliphatic heterocycles. The van der Waals surface area contributed by atoms with Gasteiger partial charge in [-0.25, -0.2) is 13.1 Å². The standard InChI is InChI=1S/C11H17BrN2O4S.ClH/c1-17-9-6-8(12)11(7-10(9)18-2)19(15,16)14-5-3-4-13;/h6-7,14H,3-5,13H2,1-2H3;1H. The van der Waals surface area contributed by atoms with Crippen molar-refractivity contribution in [1.29, 1.82) is 0 Å². The van der Waals surface area contributed by atoms with Gasteiger partial charge in [-0.1, -0.05) is 0 Å². The van der Waals surface area contributed by atoms with Gasteiger partial charge in [-0.15, -0.1) is 12.4 Å². The van der Waals surface area contributed by atoms with E-state index in [0.717, 1.165) is 0 Å². The summed E-state index contributed by atoms with van der Waals surface area (Å²) in [7, 11) is -0.676. The molecule has 0 aromatic heterocycles. The van der Waals surface area contributed by atoms with E-state index in [1.54, 1.807) is 6.07 Å². The molecule has 0 saturated carbocycles. The molecule has 0 spiro atoms. The van der Waals surface area contributed by atoms with Gasteiger partial charge >= 0.3 is 0 Å². The number of benzene rings is 1. The zero-order chi connectivity index (χ0) is 14.5. The molecule has 1 rings (SSSR count). The summed E-state index contributed by atoms with van der Waals surface area (Å²) in [5, 5.41) is 0. The van der Waals surface area contributed by atoms with E-state index in [4.69, 9.17) is 15.2 Å². The molecule has 20 heavy (non-hydrogen) atoms. The highest BCUT2D eigenvalue weighted by molar-refractivity contribution is 9.10. The minimum absolute atomic E-state index is 0. The fourth-order valence-electron chi connectivity index (χ4n) is 1.43. The largest absolute Gasteiger partial charge is 0.493 e. The fraction of sp³-hybridized carbons (Fsp3) is 0.455. The Bertz CT molecular complexity index is 539. The highest BCUT2D eigenvalue weighted by Crippen LogP contribution is 2.35. The van der Waals surface area contributed by atoms with Crippen LogP contribution >= 0.6 is 28.3 Å². The number of rotatable bonds is 7. The van der Waals surface area contributed by atoms with Crippen molar-refractivity contribution in [3.8, 4) is 11.5 Å². The first-order valence-corrected chi connectivity index (χ1v) is 7.85. The first kappa shape index (κ1) is 19.5. The predicted octanol–water partition coefficient (Wildman–Crippen LogP) is 1.52. The molecule has 0 aliphatic carbocycles.